The number of hydrogen-bond donors (Lipinski definition) is 2. The van der Waals surface area contributed by atoms with E-state index in [2.05, 4.69) is 26.2 Å². The summed E-state index contributed by atoms with van der Waals surface area (Å²) in [4.78, 5) is 15.5. The van der Waals surface area contributed by atoms with Gasteiger partial charge in [-0.05, 0) is 40.9 Å². The Labute approximate surface area is 96.8 Å². The number of aromatic nitrogens is 1. The summed E-state index contributed by atoms with van der Waals surface area (Å²) in [6.07, 6.45) is 3.05. The molecule has 4 nitrogen and oxygen atoms in total. The van der Waals surface area contributed by atoms with Gasteiger partial charge in [0.05, 0.1) is 0 Å². The second-order valence-electron chi connectivity index (χ2n) is 3.02. The highest BCUT2D eigenvalue weighted by Gasteiger charge is 2.09. The molecule has 0 aliphatic rings. The smallest absolute Gasteiger partial charge is 0.271 e. The molecule has 0 aromatic carbocycles. The van der Waals surface area contributed by atoms with Gasteiger partial charge in [0.25, 0.3) is 5.91 Å². The van der Waals surface area contributed by atoms with Gasteiger partial charge in [0.15, 0.2) is 0 Å². The molecular weight excluding hydrogens is 260 g/mol. The molecule has 0 atom stereocenters. The van der Waals surface area contributed by atoms with Crippen molar-refractivity contribution in [3.8, 4) is 0 Å². The molecule has 1 aromatic heterocycles. The lowest BCUT2D eigenvalue weighted by molar-refractivity contribution is 0.0946. The van der Waals surface area contributed by atoms with Crippen molar-refractivity contribution < 1.29 is 9.90 Å². The number of unbranched alkanes of at least 4 members (excludes halogenated alkanes) is 1. The SMILES string of the molecule is O=C(NCCCCO)c1ncccc1Br. The van der Waals surface area contributed by atoms with Crippen molar-refractivity contribution in [2.24, 2.45) is 0 Å². The van der Waals surface area contributed by atoms with Crippen molar-refractivity contribution in [3.63, 3.8) is 0 Å². The Morgan fingerprint density at radius 2 is 2.33 bits per heavy atom. The Balaban J connectivity index is 2.44. The normalized spacial score (nSPS) is 10.0. The van der Waals surface area contributed by atoms with E-state index in [9.17, 15) is 4.79 Å². The maximum Gasteiger partial charge on any atom is 0.271 e. The van der Waals surface area contributed by atoms with Crippen molar-refractivity contribution in [3.05, 3.63) is 28.5 Å². The van der Waals surface area contributed by atoms with Gasteiger partial charge in [0.1, 0.15) is 5.69 Å². The van der Waals surface area contributed by atoms with Crippen LogP contribution in [0.2, 0.25) is 0 Å². The first kappa shape index (κ1) is 12.1. The van der Waals surface area contributed by atoms with Crippen LogP contribution in [-0.2, 0) is 0 Å². The summed E-state index contributed by atoms with van der Waals surface area (Å²) in [5.41, 5.74) is 0.390. The van der Waals surface area contributed by atoms with Gasteiger partial charge in [-0.1, -0.05) is 0 Å². The van der Waals surface area contributed by atoms with Crippen LogP contribution >= 0.6 is 15.9 Å². The van der Waals surface area contributed by atoms with E-state index in [0.717, 1.165) is 6.42 Å². The molecule has 0 fully saturated rings. The minimum Gasteiger partial charge on any atom is -0.396 e. The van der Waals surface area contributed by atoms with Crippen molar-refractivity contribution in [1.82, 2.24) is 10.3 Å². The zero-order chi connectivity index (χ0) is 11.1. The predicted molar refractivity (Wildman–Crippen MR) is 60.6 cm³/mol. The molecule has 0 radical (unpaired) electrons. The van der Waals surface area contributed by atoms with E-state index in [1.807, 2.05) is 0 Å². The number of rotatable bonds is 5. The third-order valence-corrected chi connectivity index (χ3v) is 2.48. The fourth-order valence-electron chi connectivity index (χ4n) is 1.08. The summed E-state index contributed by atoms with van der Waals surface area (Å²) in [5, 5.41) is 11.3. The average Bonchev–Trinajstić information content (AvgIpc) is 2.25. The fourth-order valence-corrected chi connectivity index (χ4v) is 1.51. The van der Waals surface area contributed by atoms with Crippen molar-refractivity contribution in [1.29, 1.82) is 0 Å². The minimum absolute atomic E-state index is 0.156. The topological polar surface area (TPSA) is 62.2 Å². The Morgan fingerprint density at radius 1 is 1.53 bits per heavy atom. The molecule has 0 spiro atoms. The van der Waals surface area contributed by atoms with E-state index in [1.165, 1.54) is 0 Å². The van der Waals surface area contributed by atoms with Gasteiger partial charge in [-0.2, -0.15) is 0 Å². The van der Waals surface area contributed by atoms with Crippen LogP contribution in [0.3, 0.4) is 0 Å². The maximum absolute atomic E-state index is 11.6. The Hall–Kier alpha value is -0.940. The first-order valence-corrected chi connectivity index (χ1v) is 5.54. The third-order valence-electron chi connectivity index (χ3n) is 1.84. The van der Waals surface area contributed by atoms with Crippen LogP contribution in [-0.4, -0.2) is 29.1 Å². The van der Waals surface area contributed by atoms with E-state index in [4.69, 9.17) is 5.11 Å². The second kappa shape index (κ2) is 6.53. The summed E-state index contributed by atoms with van der Waals surface area (Å²) in [6.45, 7) is 0.714. The van der Waals surface area contributed by atoms with Crippen LogP contribution in [0.4, 0.5) is 0 Å². The van der Waals surface area contributed by atoms with Gasteiger partial charge in [-0.15, -0.1) is 0 Å². The summed E-state index contributed by atoms with van der Waals surface area (Å²) in [6, 6.07) is 3.53. The molecule has 5 heteroatoms. The number of carbonyl (C=O) groups excluding carboxylic acids is 1. The van der Waals surface area contributed by atoms with Crippen molar-refractivity contribution in [2.45, 2.75) is 12.8 Å². The van der Waals surface area contributed by atoms with E-state index in [0.29, 0.717) is 23.1 Å². The van der Waals surface area contributed by atoms with Crippen LogP contribution in [0.1, 0.15) is 23.3 Å². The number of carbonyl (C=O) groups is 1. The Bertz CT molecular complexity index is 331. The Kier molecular flexibility index (Phi) is 5.28. The van der Waals surface area contributed by atoms with Crippen LogP contribution in [0, 0.1) is 0 Å². The molecule has 82 valence electrons. The lowest BCUT2D eigenvalue weighted by Gasteiger charge is -2.04. The van der Waals surface area contributed by atoms with Gasteiger partial charge >= 0.3 is 0 Å². The molecule has 0 unspecified atom stereocenters. The molecule has 15 heavy (non-hydrogen) atoms. The first-order chi connectivity index (χ1) is 7.25. The molecule has 0 aliphatic heterocycles. The monoisotopic (exact) mass is 272 g/mol. The molecule has 2 N–H and O–H groups in total. The van der Waals surface area contributed by atoms with Gasteiger partial charge in [-0.3, -0.25) is 4.79 Å². The largest absolute Gasteiger partial charge is 0.396 e. The van der Waals surface area contributed by atoms with Gasteiger partial charge in [0, 0.05) is 23.8 Å². The number of pyridine rings is 1. The van der Waals surface area contributed by atoms with E-state index < -0.39 is 0 Å². The number of hydrogen-bond acceptors (Lipinski definition) is 3. The van der Waals surface area contributed by atoms with Crippen molar-refractivity contribution >= 4 is 21.8 Å². The zero-order valence-corrected chi connectivity index (χ0v) is 9.83. The van der Waals surface area contributed by atoms with Gasteiger partial charge in [0.2, 0.25) is 0 Å². The van der Waals surface area contributed by atoms with E-state index >= 15 is 0 Å². The molecule has 1 heterocycles. The number of nitrogens with one attached hydrogen (secondary N) is 1. The average molecular weight is 273 g/mol. The molecule has 1 amide bonds. The molecule has 0 saturated heterocycles. The summed E-state index contributed by atoms with van der Waals surface area (Å²) in [7, 11) is 0. The molecule has 0 aliphatic carbocycles. The van der Waals surface area contributed by atoms with Crippen LogP contribution < -0.4 is 5.32 Å². The summed E-state index contributed by atoms with van der Waals surface area (Å²) >= 11 is 3.26. The van der Waals surface area contributed by atoms with E-state index in [1.54, 1.807) is 18.3 Å². The highest BCUT2D eigenvalue weighted by atomic mass is 79.9. The lowest BCUT2D eigenvalue weighted by atomic mass is 10.3. The molecule has 1 rings (SSSR count). The quantitative estimate of drug-likeness (QED) is 0.796. The summed E-state index contributed by atoms with van der Waals surface area (Å²) in [5.74, 6) is -0.194. The fraction of sp³-hybridized carbons (Fsp3) is 0.400. The maximum atomic E-state index is 11.6. The van der Waals surface area contributed by atoms with Gasteiger partial charge in [-0.25, -0.2) is 4.98 Å². The molecule has 1 aromatic rings. The van der Waals surface area contributed by atoms with Crippen LogP contribution in [0.25, 0.3) is 0 Å². The number of aliphatic hydroxyl groups is 1. The zero-order valence-electron chi connectivity index (χ0n) is 8.24. The predicted octanol–water partition coefficient (Wildman–Crippen LogP) is 1.35. The minimum atomic E-state index is -0.194. The van der Waals surface area contributed by atoms with E-state index in [-0.39, 0.29) is 12.5 Å². The number of amides is 1. The standard InChI is InChI=1S/C10H13BrN2O2/c11-8-4-3-6-12-9(8)10(15)13-5-1-2-7-14/h3-4,6,14H,1-2,5,7H2,(H,13,15). The van der Waals surface area contributed by atoms with Crippen LogP contribution in [0.15, 0.2) is 22.8 Å². The number of halogens is 1. The lowest BCUT2D eigenvalue weighted by Crippen LogP contribution is -2.25. The van der Waals surface area contributed by atoms with Crippen LogP contribution in [0.5, 0.6) is 0 Å². The van der Waals surface area contributed by atoms with Gasteiger partial charge < -0.3 is 10.4 Å². The number of nitrogens with zero attached hydrogens (tertiary/aromatic N) is 1. The first-order valence-electron chi connectivity index (χ1n) is 4.75. The molecule has 0 saturated carbocycles. The highest BCUT2D eigenvalue weighted by molar-refractivity contribution is 9.10. The third kappa shape index (κ3) is 3.97. The Morgan fingerprint density at radius 3 is 3.00 bits per heavy atom. The molecule has 0 bridgehead atoms. The van der Waals surface area contributed by atoms with Crippen molar-refractivity contribution in [2.75, 3.05) is 13.2 Å². The number of aliphatic hydroxyl groups excluding tert-OH is 1. The molecular formula is C10H13BrN2O2. The second-order valence-corrected chi connectivity index (χ2v) is 3.87. The highest BCUT2D eigenvalue weighted by Crippen LogP contribution is 2.12. The summed E-state index contributed by atoms with van der Waals surface area (Å²) < 4.78 is 0.685.